The quantitative estimate of drug-likeness (QED) is 0.821. The maximum absolute atomic E-state index is 11.2. The molecule has 0 bridgehead atoms. The van der Waals surface area contributed by atoms with Gasteiger partial charge in [-0.3, -0.25) is 9.82 Å². The zero-order valence-electron chi connectivity index (χ0n) is 10.5. The number of halogens is 1. The minimum atomic E-state index is -0.472. The van der Waals surface area contributed by atoms with E-state index >= 15 is 0 Å². The average molecular weight is 260 g/mol. The number of aromatic nitrogens is 1. The Morgan fingerprint density at radius 2 is 2.12 bits per heavy atom. The van der Waals surface area contributed by atoms with Crippen LogP contribution in [0.15, 0.2) is 12.4 Å². The van der Waals surface area contributed by atoms with Gasteiger partial charge in [0.2, 0.25) is 0 Å². The first-order chi connectivity index (χ1) is 8.19. The van der Waals surface area contributed by atoms with Crippen molar-refractivity contribution in [1.82, 2.24) is 10.5 Å². The van der Waals surface area contributed by atoms with Gasteiger partial charge in [0.1, 0.15) is 0 Å². The fraction of sp³-hybridized carbons (Fsp3) is 0.455. The lowest BCUT2D eigenvalue weighted by molar-refractivity contribution is 0.114. The Balaban J connectivity index is 0.00000121. The van der Waals surface area contributed by atoms with E-state index in [1.807, 2.05) is 20.8 Å². The van der Waals surface area contributed by atoms with Gasteiger partial charge in [-0.25, -0.2) is 10.3 Å². The second-order valence-corrected chi connectivity index (χ2v) is 3.18. The molecule has 0 aromatic carbocycles. The Bertz CT molecular complexity index is 359. The Labute approximate surface area is 106 Å². The molecule has 0 saturated heterocycles. The van der Waals surface area contributed by atoms with Crippen LogP contribution >= 0.6 is 11.6 Å². The normalized spacial score (nSPS) is 9.00. The maximum Gasteiger partial charge on any atom is 0.343 e. The van der Waals surface area contributed by atoms with Crippen molar-refractivity contribution in [2.75, 3.05) is 12.4 Å². The molecule has 1 rings (SSSR count). The zero-order valence-corrected chi connectivity index (χ0v) is 11.3. The lowest BCUT2D eigenvalue weighted by Gasteiger charge is -2.10. The molecule has 1 aromatic heterocycles. The van der Waals surface area contributed by atoms with E-state index in [-0.39, 0.29) is 0 Å². The fourth-order valence-corrected chi connectivity index (χ4v) is 1.34. The molecule has 0 atom stereocenters. The van der Waals surface area contributed by atoms with E-state index in [1.165, 1.54) is 13.3 Å². The summed E-state index contributed by atoms with van der Waals surface area (Å²) in [6.45, 7) is 5.95. The third-order valence-corrected chi connectivity index (χ3v) is 2.08. The summed E-state index contributed by atoms with van der Waals surface area (Å²) < 4.78 is 0. The second-order valence-electron chi connectivity index (χ2n) is 2.77. The van der Waals surface area contributed by atoms with E-state index in [2.05, 4.69) is 20.6 Å². The van der Waals surface area contributed by atoms with E-state index in [1.54, 1.807) is 6.20 Å². The summed E-state index contributed by atoms with van der Waals surface area (Å²) in [7, 11) is 1.36. The Morgan fingerprint density at radius 3 is 2.65 bits per heavy atom. The number of carbonyl (C=O) groups excluding carboxylic acids is 1. The Hall–Kier alpha value is -1.33. The molecule has 0 aliphatic carbocycles. The standard InChI is InChI=1S/C9H12ClN3O2.C2H6/c1-3-6-4-11-5-7(10)8(6)12-9(14)13-15-2;1-2/h4-5H,3H2,1-2H3,(H2,11,12,13,14);1-2H3. The van der Waals surface area contributed by atoms with Gasteiger partial charge in [0.25, 0.3) is 0 Å². The zero-order chi connectivity index (χ0) is 13.3. The molecular formula is C11H18ClN3O2. The first kappa shape index (κ1) is 15.7. The van der Waals surface area contributed by atoms with Crippen molar-refractivity contribution in [3.63, 3.8) is 0 Å². The number of urea groups is 1. The van der Waals surface area contributed by atoms with Crippen LogP contribution in [0.4, 0.5) is 10.5 Å². The highest BCUT2D eigenvalue weighted by Gasteiger charge is 2.09. The molecular weight excluding hydrogens is 242 g/mol. The number of nitrogens with zero attached hydrogens (tertiary/aromatic N) is 1. The number of hydroxylamine groups is 1. The van der Waals surface area contributed by atoms with Crippen LogP contribution in [0.25, 0.3) is 0 Å². The van der Waals surface area contributed by atoms with Gasteiger partial charge in [0.05, 0.1) is 17.8 Å². The second kappa shape index (κ2) is 8.78. The maximum atomic E-state index is 11.2. The topological polar surface area (TPSA) is 63.2 Å². The highest BCUT2D eigenvalue weighted by Crippen LogP contribution is 2.24. The molecule has 0 radical (unpaired) electrons. The van der Waals surface area contributed by atoms with E-state index in [0.29, 0.717) is 10.7 Å². The third kappa shape index (κ3) is 5.01. The number of hydrogen-bond acceptors (Lipinski definition) is 3. The molecule has 2 amide bonds. The number of amides is 2. The Kier molecular flexibility index (Phi) is 8.09. The molecule has 6 heteroatoms. The number of aryl methyl sites for hydroxylation is 1. The van der Waals surface area contributed by atoms with Gasteiger partial charge < -0.3 is 5.32 Å². The van der Waals surface area contributed by atoms with Crippen LogP contribution in [0, 0.1) is 0 Å². The van der Waals surface area contributed by atoms with Crippen molar-refractivity contribution in [3.05, 3.63) is 23.0 Å². The molecule has 5 nitrogen and oxygen atoms in total. The molecule has 1 aromatic rings. The summed E-state index contributed by atoms with van der Waals surface area (Å²) in [4.78, 5) is 19.6. The van der Waals surface area contributed by atoms with Crippen LogP contribution < -0.4 is 10.8 Å². The predicted octanol–water partition coefficient (Wildman–Crippen LogP) is 3.01. The van der Waals surface area contributed by atoms with Crippen LogP contribution in [0.3, 0.4) is 0 Å². The molecule has 0 aliphatic rings. The van der Waals surface area contributed by atoms with Crippen LogP contribution in [0.1, 0.15) is 26.3 Å². The van der Waals surface area contributed by atoms with Crippen molar-refractivity contribution in [1.29, 1.82) is 0 Å². The van der Waals surface area contributed by atoms with Crippen LogP contribution in [-0.4, -0.2) is 18.1 Å². The van der Waals surface area contributed by atoms with Crippen molar-refractivity contribution < 1.29 is 9.63 Å². The number of hydrogen-bond donors (Lipinski definition) is 2. The summed E-state index contributed by atoms with van der Waals surface area (Å²) in [6.07, 6.45) is 3.87. The van der Waals surface area contributed by atoms with Crippen molar-refractivity contribution in [2.45, 2.75) is 27.2 Å². The van der Waals surface area contributed by atoms with Crippen LogP contribution in [0.5, 0.6) is 0 Å². The van der Waals surface area contributed by atoms with E-state index in [0.717, 1.165) is 12.0 Å². The minimum absolute atomic E-state index is 0.403. The van der Waals surface area contributed by atoms with Gasteiger partial charge in [-0.15, -0.1) is 0 Å². The van der Waals surface area contributed by atoms with Gasteiger partial charge in [-0.05, 0) is 12.0 Å². The third-order valence-electron chi connectivity index (χ3n) is 1.79. The van der Waals surface area contributed by atoms with Crippen molar-refractivity contribution >= 4 is 23.3 Å². The molecule has 0 unspecified atom stereocenters. The fourth-order valence-electron chi connectivity index (χ4n) is 1.11. The van der Waals surface area contributed by atoms with Gasteiger partial charge in [-0.2, -0.15) is 0 Å². The Morgan fingerprint density at radius 1 is 1.47 bits per heavy atom. The van der Waals surface area contributed by atoms with E-state index < -0.39 is 6.03 Å². The molecule has 0 spiro atoms. The number of anilines is 1. The largest absolute Gasteiger partial charge is 0.343 e. The van der Waals surface area contributed by atoms with Crippen molar-refractivity contribution in [2.24, 2.45) is 0 Å². The summed E-state index contributed by atoms with van der Waals surface area (Å²) in [6, 6.07) is -0.472. The van der Waals surface area contributed by atoms with Crippen molar-refractivity contribution in [3.8, 4) is 0 Å². The molecule has 17 heavy (non-hydrogen) atoms. The number of pyridine rings is 1. The van der Waals surface area contributed by atoms with Gasteiger partial charge >= 0.3 is 6.03 Å². The van der Waals surface area contributed by atoms with Gasteiger partial charge in [-0.1, -0.05) is 32.4 Å². The monoisotopic (exact) mass is 259 g/mol. The first-order valence-electron chi connectivity index (χ1n) is 5.41. The van der Waals surface area contributed by atoms with Crippen LogP contribution in [0.2, 0.25) is 5.02 Å². The van der Waals surface area contributed by atoms with E-state index in [4.69, 9.17) is 11.6 Å². The predicted molar refractivity (Wildman–Crippen MR) is 69.1 cm³/mol. The number of rotatable bonds is 3. The van der Waals surface area contributed by atoms with E-state index in [9.17, 15) is 4.79 Å². The highest BCUT2D eigenvalue weighted by molar-refractivity contribution is 6.33. The van der Waals surface area contributed by atoms with Crippen LogP contribution in [-0.2, 0) is 11.3 Å². The lowest BCUT2D eigenvalue weighted by atomic mass is 10.2. The summed E-state index contributed by atoms with van der Waals surface area (Å²) in [5.74, 6) is 0. The van der Waals surface area contributed by atoms with Gasteiger partial charge in [0, 0.05) is 12.4 Å². The smallest absolute Gasteiger partial charge is 0.304 e. The number of nitrogens with one attached hydrogen (secondary N) is 2. The molecule has 2 N–H and O–H groups in total. The lowest BCUT2D eigenvalue weighted by Crippen LogP contribution is -2.28. The summed E-state index contributed by atoms with van der Waals surface area (Å²) in [5, 5.41) is 2.99. The number of carbonyl (C=O) groups is 1. The molecule has 0 saturated carbocycles. The summed E-state index contributed by atoms with van der Waals surface area (Å²) in [5.41, 5.74) is 3.57. The summed E-state index contributed by atoms with van der Waals surface area (Å²) >= 11 is 5.91. The molecule has 0 fully saturated rings. The average Bonchev–Trinajstić information content (AvgIpc) is 2.34. The molecule has 1 heterocycles. The minimum Gasteiger partial charge on any atom is -0.304 e. The molecule has 96 valence electrons. The SMILES string of the molecule is CC.CCc1cncc(Cl)c1NC(=O)NOC. The first-order valence-corrected chi connectivity index (χ1v) is 5.79. The molecule has 0 aliphatic heterocycles. The highest BCUT2D eigenvalue weighted by atomic mass is 35.5. The van der Waals surface area contributed by atoms with Gasteiger partial charge in [0.15, 0.2) is 0 Å².